The molecule has 0 spiro atoms. The summed E-state index contributed by atoms with van der Waals surface area (Å²) in [5.41, 5.74) is -0.468. The zero-order valence-corrected chi connectivity index (χ0v) is 13.3. The number of halogens is 4. The van der Waals surface area contributed by atoms with E-state index in [1.807, 2.05) is 0 Å². The van der Waals surface area contributed by atoms with Gasteiger partial charge in [-0.05, 0) is 40.2 Å². The number of carbonyl (C=O) groups is 1. The highest BCUT2D eigenvalue weighted by atomic mass is 79.9. The number of rotatable bonds is 2. The van der Waals surface area contributed by atoms with Gasteiger partial charge in [-0.25, -0.2) is 0 Å². The van der Waals surface area contributed by atoms with E-state index in [0.717, 1.165) is 6.07 Å². The fourth-order valence-electron chi connectivity index (χ4n) is 1.84. The van der Waals surface area contributed by atoms with E-state index in [-0.39, 0.29) is 18.0 Å². The molecule has 1 amide bonds. The van der Waals surface area contributed by atoms with Crippen molar-refractivity contribution in [2.75, 3.05) is 6.54 Å². The van der Waals surface area contributed by atoms with E-state index >= 15 is 0 Å². The van der Waals surface area contributed by atoms with Crippen LogP contribution >= 0.6 is 15.9 Å². The van der Waals surface area contributed by atoms with E-state index in [4.69, 9.17) is 0 Å². The number of benzene rings is 2. The third kappa shape index (κ3) is 4.60. The van der Waals surface area contributed by atoms with Gasteiger partial charge in [-0.3, -0.25) is 4.79 Å². The van der Waals surface area contributed by atoms with Crippen LogP contribution in [0.1, 0.15) is 21.5 Å². The lowest BCUT2D eigenvalue weighted by molar-refractivity contribution is -0.137. The fourth-order valence-corrected chi connectivity index (χ4v) is 2.31. The number of carbonyl (C=O) groups excluding carboxylic acids is 1. The molecule has 23 heavy (non-hydrogen) atoms. The SMILES string of the molecule is O=C(NCC#Cc1ccccc1C(F)(F)F)c1ccccc1Br. The van der Waals surface area contributed by atoms with Crippen LogP contribution < -0.4 is 5.32 Å². The molecule has 0 aliphatic heterocycles. The van der Waals surface area contributed by atoms with Gasteiger partial charge in [0, 0.05) is 10.0 Å². The monoisotopic (exact) mass is 381 g/mol. The summed E-state index contributed by atoms with van der Waals surface area (Å²) in [4.78, 5) is 11.9. The summed E-state index contributed by atoms with van der Waals surface area (Å²) in [6.45, 7) is -0.0492. The number of alkyl halides is 3. The summed E-state index contributed by atoms with van der Waals surface area (Å²) in [5.74, 6) is 4.63. The lowest BCUT2D eigenvalue weighted by Crippen LogP contribution is -2.23. The van der Waals surface area contributed by atoms with Crippen molar-refractivity contribution in [1.29, 1.82) is 0 Å². The molecule has 0 heterocycles. The van der Waals surface area contributed by atoms with Crippen LogP contribution in [-0.2, 0) is 6.18 Å². The first-order valence-corrected chi connectivity index (χ1v) is 7.36. The van der Waals surface area contributed by atoms with Gasteiger partial charge in [0.2, 0.25) is 0 Å². The minimum absolute atomic E-state index is 0.0492. The number of hydrogen-bond acceptors (Lipinski definition) is 1. The quantitative estimate of drug-likeness (QED) is 0.774. The molecule has 2 aromatic carbocycles. The van der Waals surface area contributed by atoms with Crippen LogP contribution in [0.3, 0.4) is 0 Å². The lowest BCUT2D eigenvalue weighted by Gasteiger charge is -2.08. The third-order valence-corrected chi connectivity index (χ3v) is 3.60. The topological polar surface area (TPSA) is 29.1 Å². The summed E-state index contributed by atoms with van der Waals surface area (Å²) in [6, 6.07) is 11.9. The first-order chi connectivity index (χ1) is 10.9. The molecule has 0 fully saturated rings. The average Bonchev–Trinajstić information content (AvgIpc) is 2.51. The molecule has 0 saturated carbocycles. The van der Waals surface area contributed by atoms with Crippen molar-refractivity contribution in [3.05, 3.63) is 69.7 Å². The van der Waals surface area contributed by atoms with E-state index in [9.17, 15) is 18.0 Å². The van der Waals surface area contributed by atoms with Crippen molar-refractivity contribution in [2.45, 2.75) is 6.18 Å². The second-order valence-electron chi connectivity index (χ2n) is 4.51. The van der Waals surface area contributed by atoms with Gasteiger partial charge >= 0.3 is 6.18 Å². The second-order valence-corrected chi connectivity index (χ2v) is 5.36. The summed E-state index contributed by atoms with van der Waals surface area (Å²) in [7, 11) is 0. The minimum atomic E-state index is -4.45. The third-order valence-electron chi connectivity index (χ3n) is 2.91. The first kappa shape index (κ1) is 17.1. The highest BCUT2D eigenvalue weighted by Crippen LogP contribution is 2.31. The van der Waals surface area contributed by atoms with E-state index in [1.165, 1.54) is 18.2 Å². The molecule has 0 saturated heterocycles. The molecule has 2 aromatic rings. The van der Waals surface area contributed by atoms with Gasteiger partial charge in [-0.2, -0.15) is 13.2 Å². The molecular formula is C17H11BrF3NO. The van der Waals surface area contributed by atoms with Gasteiger partial charge in [0.05, 0.1) is 17.7 Å². The molecule has 118 valence electrons. The normalized spacial score (nSPS) is 10.6. The Bertz CT molecular complexity index is 775. The Morgan fingerprint density at radius 3 is 2.43 bits per heavy atom. The molecule has 2 rings (SSSR count). The maximum Gasteiger partial charge on any atom is 0.417 e. The van der Waals surface area contributed by atoms with E-state index in [0.29, 0.717) is 10.0 Å². The maximum absolute atomic E-state index is 12.8. The molecule has 0 radical (unpaired) electrons. The van der Waals surface area contributed by atoms with Gasteiger partial charge in [0.15, 0.2) is 0 Å². The standard InChI is InChI=1S/C17H11BrF3NO/c18-15-10-4-2-8-13(15)16(23)22-11-5-7-12-6-1-3-9-14(12)17(19,20)21/h1-4,6,8-10H,11H2,(H,22,23). The first-order valence-electron chi connectivity index (χ1n) is 6.57. The van der Waals surface area contributed by atoms with Gasteiger partial charge in [0.25, 0.3) is 5.91 Å². The van der Waals surface area contributed by atoms with Crippen molar-refractivity contribution < 1.29 is 18.0 Å². The lowest BCUT2D eigenvalue weighted by atomic mass is 10.1. The van der Waals surface area contributed by atoms with Crippen LogP contribution in [0.2, 0.25) is 0 Å². The largest absolute Gasteiger partial charge is 0.417 e. The maximum atomic E-state index is 12.8. The molecule has 6 heteroatoms. The number of nitrogens with one attached hydrogen (secondary N) is 1. The van der Waals surface area contributed by atoms with Crippen molar-refractivity contribution in [3.63, 3.8) is 0 Å². The minimum Gasteiger partial charge on any atom is -0.341 e. The predicted octanol–water partition coefficient (Wildman–Crippen LogP) is 4.25. The molecule has 0 bridgehead atoms. The number of amides is 1. The van der Waals surface area contributed by atoms with Gasteiger partial charge in [0.1, 0.15) is 0 Å². The zero-order chi connectivity index (χ0) is 16.9. The summed E-state index contributed by atoms with van der Waals surface area (Å²) < 4.78 is 39.1. The Kier molecular flexibility index (Phi) is 5.45. The molecule has 0 unspecified atom stereocenters. The van der Waals surface area contributed by atoms with Crippen LogP contribution in [0.25, 0.3) is 0 Å². The summed E-state index contributed by atoms with van der Waals surface area (Å²) in [5, 5.41) is 2.54. The second kappa shape index (κ2) is 7.34. The van der Waals surface area contributed by atoms with Crippen molar-refractivity contribution in [2.24, 2.45) is 0 Å². The van der Waals surface area contributed by atoms with E-state index in [1.54, 1.807) is 24.3 Å². The average molecular weight is 382 g/mol. The van der Waals surface area contributed by atoms with Crippen LogP contribution in [0.4, 0.5) is 13.2 Å². The van der Waals surface area contributed by atoms with Crippen molar-refractivity contribution in [1.82, 2.24) is 5.32 Å². The van der Waals surface area contributed by atoms with Crippen molar-refractivity contribution >= 4 is 21.8 Å². The van der Waals surface area contributed by atoms with Crippen LogP contribution in [0.5, 0.6) is 0 Å². The Morgan fingerprint density at radius 2 is 1.74 bits per heavy atom. The van der Waals surface area contributed by atoms with Gasteiger partial charge in [-0.1, -0.05) is 36.1 Å². The molecule has 0 aliphatic rings. The highest BCUT2D eigenvalue weighted by Gasteiger charge is 2.32. The molecule has 0 atom stereocenters. The molecule has 0 aromatic heterocycles. The van der Waals surface area contributed by atoms with Crippen LogP contribution in [-0.4, -0.2) is 12.5 Å². The Labute approximate surface area is 139 Å². The van der Waals surface area contributed by atoms with E-state index < -0.39 is 11.7 Å². The van der Waals surface area contributed by atoms with Gasteiger partial charge < -0.3 is 5.32 Å². The fraction of sp³-hybridized carbons (Fsp3) is 0.118. The zero-order valence-electron chi connectivity index (χ0n) is 11.7. The van der Waals surface area contributed by atoms with Crippen molar-refractivity contribution in [3.8, 4) is 11.8 Å². The predicted molar refractivity (Wildman–Crippen MR) is 84.8 cm³/mol. The summed E-state index contributed by atoms with van der Waals surface area (Å²) >= 11 is 3.25. The summed E-state index contributed by atoms with van der Waals surface area (Å²) in [6.07, 6.45) is -4.45. The highest BCUT2D eigenvalue weighted by molar-refractivity contribution is 9.10. The van der Waals surface area contributed by atoms with Crippen LogP contribution in [0.15, 0.2) is 53.0 Å². The smallest absolute Gasteiger partial charge is 0.341 e. The Morgan fingerprint density at radius 1 is 1.09 bits per heavy atom. The molecular weight excluding hydrogens is 371 g/mol. The van der Waals surface area contributed by atoms with E-state index in [2.05, 4.69) is 33.1 Å². The molecule has 0 aliphatic carbocycles. The molecule has 2 nitrogen and oxygen atoms in total. The molecule has 1 N–H and O–H groups in total. The van der Waals surface area contributed by atoms with Gasteiger partial charge in [-0.15, -0.1) is 0 Å². The number of hydrogen-bond donors (Lipinski definition) is 1. The van der Waals surface area contributed by atoms with Crippen LogP contribution in [0, 0.1) is 11.8 Å². The Hall–Kier alpha value is -2.26. The Balaban J connectivity index is 2.05.